The van der Waals surface area contributed by atoms with Gasteiger partial charge in [-0.1, -0.05) is 39.5 Å². The lowest BCUT2D eigenvalue weighted by Crippen LogP contribution is -1.96. The quantitative estimate of drug-likeness (QED) is 0.504. The van der Waals surface area contributed by atoms with E-state index in [0.717, 1.165) is 13.2 Å². The van der Waals surface area contributed by atoms with Crippen LogP contribution in [0, 0.1) is 0 Å². The van der Waals surface area contributed by atoms with Gasteiger partial charge in [0.15, 0.2) is 0 Å². The van der Waals surface area contributed by atoms with Gasteiger partial charge in [-0.25, -0.2) is 0 Å². The summed E-state index contributed by atoms with van der Waals surface area (Å²) < 4.78 is 14.1. The maximum Gasteiger partial charge on any atom is 0.692 e. The average Bonchev–Trinajstić information content (AvgIpc) is 2.16. The third-order valence-corrected chi connectivity index (χ3v) is 1.78. The van der Waals surface area contributed by atoms with E-state index in [0.29, 0.717) is 0 Å². The zero-order valence-electron chi connectivity index (χ0n) is 9.81. The van der Waals surface area contributed by atoms with Gasteiger partial charge in [-0.3, -0.25) is 0 Å². The maximum atomic E-state index is 8.70. The van der Waals surface area contributed by atoms with Crippen molar-refractivity contribution in [1.29, 1.82) is 0 Å². The van der Waals surface area contributed by atoms with Gasteiger partial charge >= 0.3 is 8.25 Å². The molecule has 0 amide bonds. The van der Waals surface area contributed by atoms with Crippen LogP contribution in [0.25, 0.3) is 0 Å². The van der Waals surface area contributed by atoms with E-state index in [2.05, 4.69) is 13.8 Å². The van der Waals surface area contributed by atoms with Crippen LogP contribution in [0.15, 0.2) is 0 Å². The van der Waals surface area contributed by atoms with Crippen molar-refractivity contribution < 1.29 is 19.1 Å². The van der Waals surface area contributed by atoms with Crippen molar-refractivity contribution in [3.05, 3.63) is 0 Å². The molecule has 0 aliphatic heterocycles. The minimum Gasteiger partial charge on any atom is -0.381 e. The monoisotopic (exact) mass is 239 g/mol. The molecular weight excluding hydrogens is 215 g/mol. The molecule has 0 radical (unpaired) electrons. The first kappa shape index (κ1) is 17.4. The molecular formula is C10H24O4P+. The number of hydrogen-bond donors (Lipinski definition) is 2. The lowest BCUT2D eigenvalue weighted by atomic mass is 10.2. The van der Waals surface area contributed by atoms with Crippen LogP contribution in [-0.4, -0.2) is 23.0 Å². The molecule has 0 bridgehead atoms. The van der Waals surface area contributed by atoms with E-state index in [9.17, 15) is 0 Å². The van der Waals surface area contributed by atoms with Crippen LogP contribution in [0.5, 0.6) is 0 Å². The molecule has 0 heterocycles. The Labute approximate surface area is 93.6 Å². The summed E-state index contributed by atoms with van der Waals surface area (Å²) in [5.41, 5.74) is 0. The second-order valence-corrected chi connectivity index (χ2v) is 3.78. The molecule has 0 unspecified atom stereocenters. The fourth-order valence-corrected chi connectivity index (χ4v) is 1.01. The van der Waals surface area contributed by atoms with Crippen LogP contribution >= 0.6 is 8.25 Å². The Hall–Kier alpha value is -0.0200. The first-order valence-corrected chi connectivity index (χ1v) is 6.74. The van der Waals surface area contributed by atoms with Crippen LogP contribution in [0.4, 0.5) is 0 Å². The van der Waals surface area contributed by atoms with Crippen LogP contribution in [0.2, 0.25) is 0 Å². The van der Waals surface area contributed by atoms with Crippen LogP contribution < -0.4 is 0 Å². The molecule has 0 spiro atoms. The first-order chi connectivity index (χ1) is 7.15. The molecule has 0 aromatic rings. The van der Waals surface area contributed by atoms with Crippen molar-refractivity contribution in [3.63, 3.8) is 0 Å². The molecule has 0 saturated heterocycles. The lowest BCUT2D eigenvalue weighted by molar-refractivity contribution is 0.126. The van der Waals surface area contributed by atoms with Gasteiger partial charge in [0.05, 0.1) is 0 Å². The van der Waals surface area contributed by atoms with Gasteiger partial charge in [-0.15, -0.1) is 9.79 Å². The zero-order valence-corrected chi connectivity index (χ0v) is 10.7. The molecule has 0 aliphatic rings. The van der Waals surface area contributed by atoms with E-state index in [4.69, 9.17) is 19.1 Å². The number of unbranched alkanes of at least 4 members (excludes halogenated alkanes) is 4. The summed E-state index contributed by atoms with van der Waals surface area (Å²) in [6.07, 6.45) is 7.68. The van der Waals surface area contributed by atoms with E-state index in [1.165, 1.54) is 38.5 Å². The summed E-state index contributed by atoms with van der Waals surface area (Å²) in [7, 11) is -2.87. The highest BCUT2D eigenvalue weighted by atomic mass is 31.1. The summed E-state index contributed by atoms with van der Waals surface area (Å²) >= 11 is 0. The fraction of sp³-hybridized carbons (Fsp3) is 1.00. The predicted octanol–water partition coefficient (Wildman–Crippen LogP) is 3.01. The molecule has 0 rings (SSSR count). The van der Waals surface area contributed by atoms with Crippen LogP contribution in [0.1, 0.15) is 52.4 Å². The largest absolute Gasteiger partial charge is 0.692 e. The number of ether oxygens (including phenoxy) is 1. The highest BCUT2D eigenvalue weighted by Crippen LogP contribution is 1.98. The standard InChI is InChI=1S/C10H22O.HO3P/c1-3-5-7-9-11-10-8-6-4-2;1-4(2)3/h3-10H2,1-2H3;(H-,1,2,3)/p+1. The third-order valence-electron chi connectivity index (χ3n) is 1.78. The summed E-state index contributed by atoms with van der Waals surface area (Å²) in [6, 6.07) is 0. The SMILES string of the molecule is CCCCCOCCCCC.O=[P+](O)O. The molecule has 0 aromatic carbocycles. The Morgan fingerprint density at radius 3 is 1.53 bits per heavy atom. The molecule has 0 saturated carbocycles. The molecule has 0 atom stereocenters. The molecule has 92 valence electrons. The third kappa shape index (κ3) is 31.5. The van der Waals surface area contributed by atoms with Crippen LogP contribution in [0.3, 0.4) is 0 Å². The Kier molecular flexibility index (Phi) is 19.0. The van der Waals surface area contributed by atoms with Gasteiger partial charge in [0, 0.05) is 17.8 Å². The van der Waals surface area contributed by atoms with Gasteiger partial charge in [-0.2, -0.15) is 0 Å². The van der Waals surface area contributed by atoms with Gasteiger partial charge in [-0.05, 0) is 12.8 Å². The normalized spacial score (nSPS) is 9.33. The smallest absolute Gasteiger partial charge is 0.381 e. The van der Waals surface area contributed by atoms with Gasteiger partial charge in [0.2, 0.25) is 0 Å². The maximum absolute atomic E-state index is 8.70. The number of rotatable bonds is 8. The van der Waals surface area contributed by atoms with E-state index >= 15 is 0 Å². The molecule has 0 fully saturated rings. The molecule has 15 heavy (non-hydrogen) atoms. The topological polar surface area (TPSA) is 66.8 Å². The van der Waals surface area contributed by atoms with Crippen molar-refractivity contribution >= 4 is 8.25 Å². The van der Waals surface area contributed by atoms with Crippen molar-refractivity contribution in [2.75, 3.05) is 13.2 Å². The highest BCUT2D eigenvalue weighted by Gasteiger charge is 1.93. The van der Waals surface area contributed by atoms with Gasteiger partial charge in [0.1, 0.15) is 0 Å². The predicted molar refractivity (Wildman–Crippen MR) is 61.9 cm³/mol. The zero-order chi connectivity index (χ0) is 11.9. The minimum atomic E-state index is -2.87. The Balaban J connectivity index is 0. The van der Waals surface area contributed by atoms with E-state index < -0.39 is 8.25 Å². The number of hydrogen-bond acceptors (Lipinski definition) is 2. The van der Waals surface area contributed by atoms with E-state index in [1.807, 2.05) is 0 Å². The molecule has 4 nitrogen and oxygen atoms in total. The molecule has 5 heteroatoms. The Morgan fingerprint density at radius 2 is 1.27 bits per heavy atom. The van der Waals surface area contributed by atoms with E-state index in [-0.39, 0.29) is 0 Å². The van der Waals surface area contributed by atoms with Crippen molar-refractivity contribution in [1.82, 2.24) is 0 Å². The van der Waals surface area contributed by atoms with Crippen molar-refractivity contribution in [2.24, 2.45) is 0 Å². The minimum absolute atomic E-state index is 0.970. The van der Waals surface area contributed by atoms with E-state index in [1.54, 1.807) is 0 Å². The van der Waals surface area contributed by atoms with Gasteiger partial charge in [0.25, 0.3) is 0 Å². The van der Waals surface area contributed by atoms with Crippen molar-refractivity contribution in [2.45, 2.75) is 52.4 Å². The Bertz CT molecular complexity index is 119. The lowest BCUT2D eigenvalue weighted by Gasteiger charge is -2.01. The molecule has 2 N–H and O–H groups in total. The summed E-state index contributed by atoms with van der Waals surface area (Å²) in [5.74, 6) is 0. The highest BCUT2D eigenvalue weighted by molar-refractivity contribution is 7.30. The Morgan fingerprint density at radius 1 is 0.933 bits per heavy atom. The second kappa shape index (κ2) is 16.4. The second-order valence-electron chi connectivity index (χ2n) is 3.28. The fourth-order valence-electron chi connectivity index (χ4n) is 1.01. The molecule has 0 aliphatic carbocycles. The average molecular weight is 239 g/mol. The summed E-state index contributed by atoms with van der Waals surface area (Å²) in [5, 5.41) is 0. The first-order valence-electron chi connectivity index (χ1n) is 5.57. The van der Waals surface area contributed by atoms with Crippen LogP contribution in [-0.2, 0) is 9.30 Å². The summed E-state index contributed by atoms with van der Waals surface area (Å²) in [6.45, 7) is 6.38. The summed E-state index contributed by atoms with van der Waals surface area (Å²) in [4.78, 5) is 14.2. The van der Waals surface area contributed by atoms with Gasteiger partial charge < -0.3 is 4.74 Å². The molecule has 0 aromatic heterocycles. The van der Waals surface area contributed by atoms with Crippen molar-refractivity contribution in [3.8, 4) is 0 Å².